The van der Waals surface area contributed by atoms with Crippen molar-refractivity contribution in [1.29, 1.82) is 0 Å². The highest BCUT2D eigenvalue weighted by atomic mass is 28.4. The zero-order chi connectivity index (χ0) is 11.2. The molecule has 0 aromatic rings. The van der Waals surface area contributed by atoms with Crippen LogP contribution >= 0.6 is 0 Å². The van der Waals surface area contributed by atoms with Crippen LogP contribution in [0.2, 0.25) is 18.1 Å². The molecule has 0 saturated heterocycles. The lowest BCUT2D eigenvalue weighted by Gasteiger charge is -2.34. The van der Waals surface area contributed by atoms with Crippen LogP contribution in [0.5, 0.6) is 0 Å². The number of hydrogen-bond acceptors (Lipinski definition) is 2. The Labute approximate surface area is 88.7 Å². The minimum Gasteiger partial charge on any atom is -0.549 e. The Balaban J connectivity index is 4.12. The lowest BCUT2D eigenvalue weighted by atomic mass is 10.2. The van der Waals surface area contributed by atoms with E-state index in [4.69, 9.17) is 9.16 Å². The predicted molar refractivity (Wildman–Crippen MR) is 63.6 cm³/mol. The molecular formula is C11H22O2Si. The molecule has 0 aromatic carbocycles. The summed E-state index contributed by atoms with van der Waals surface area (Å²) < 4.78 is 10.6. The third-order valence-electron chi connectivity index (χ3n) is 2.57. The molecule has 0 aliphatic heterocycles. The largest absolute Gasteiger partial charge is 0.549 e. The molecule has 0 amide bonds. The van der Waals surface area contributed by atoms with E-state index < -0.39 is 8.32 Å². The Morgan fingerprint density at radius 2 is 1.50 bits per heavy atom. The first kappa shape index (κ1) is 13.3. The maximum atomic E-state index is 5.79. The van der Waals surface area contributed by atoms with E-state index in [2.05, 4.69) is 33.9 Å². The van der Waals surface area contributed by atoms with E-state index in [0.717, 1.165) is 0 Å². The molecule has 3 heteroatoms. The van der Waals surface area contributed by atoms with Crippen molar-refractivity contribution in [3.63, 3.8) is 0 Å². The van der Waals surface area contributed by atoms with Crippen LogP contribution in [0, 0.1) is 0 Å². The van der Waals surface area contributed by atoms with E-state index in [-0.39, 0.29) is 5.04 Å². The van der Waals surface area contributed by atoms with Gasteiger partial charge >= 0.3 is 0 Å². The van der Waals surface area contributed by atoms with Crippen LogP contribution in [0.25, 0.3) is 0 Å². The van der Waals surface area contributed by atoms with Crippen LogP contribution in [0.3, 0.4) is 0 Å². The number of ether oxygens (including phenoxy) is 1. The maximum Gasteiger partial charge on any atom is 0.249 e. The van der Waals surface area contributed by atoms with Crippen molar-refractivity contribution in [2.45, 2.75) is 38.9 Å². The van der Waals surface area contributed by atoms with Crippen molar-refractivity contribution >= 4 is 8.32 Å². The van der Waals surface area contributed by atoms with Gasteiger partial charge in [0.1, 0.15) is 0 Å². The number of rotatable bonds is 4. The summed E-state index contributed by atoms with van der Waals surface area (Å²) in [5.74, 6) is 0. The molecule has 0 rings (SSSR count). The summed E-state index contributed by atoms with van der Waals surface area (Å²) in [6.07, 6.45) is 7.04. The Morgan fingerprint density at radius 1 is 1.00 bits per heavy atom. The van der Waals surface area contributed by atoms with Gasteiger partial charge < -0.3 is 9.16 Å². The fraction of sp³-hybridized carbons (Fsp3) is 0.636. The molecule has 0 radical (unpaired) electrons. The normalized spacial score (nSPS) is 13.9. The highest BCUT2D eigenvalue weighted by Crippen LogP contribution is 2.36. The molecule has 0 spiro atoms. The van der Waals surface area contributed by atoms with Crippen molar-refractivity contribution in [3.8, 4) is 0 Å². The summed E-state index contributed by atoms with van der Waals surface area (Å²) in [6.45, 7) is 11.1. The first-order chi connectivity index (χ1) is 6.31. The summed E-state index contributed by atoms with van der Waals surface area (Å²) in [6, 6.07) is 0. The molecule has 0 aliphatic carbocycles. The molecule has 82 valence electrons. The fourth-order valence-corrected chi connectivity index (χ4v) is 1.33. The first-order valence-electron chi connectivity index (χ1n) is 4.83. The lowest BCUT2D eigenvalue weighted by molar-refractivity contribution is 0.338. The molecule has 14 heavy (non-hydrogen) atoms. The summed E-state index contributed by atoms with van der Waals surface area (Å²) in [7, 11) is -0.00255. The van der Waals surface area contributed by atoms with E-state index in [9.17, 15) is 0 Å². The number of hydrogen-bond donors (Lipinski definition) is 0. The monoisotopic (exact) mass is 214 g/mol. The molecule has 0 heterocycles. The van der Waals surface area contributed by atoms with Gasteiger partial charge in [-0.25, -0.2) is 0 Å². The van der Waals surface area contributed by atoms with Gasteiger partial charge in [0.2, 0.25) is 8.32 Å². The molecule has 0 fully saturated rings. The van der Waals surface area contributed by atoms with Gasteiger partial charge in [0.15, 0.2) is 0 Å². The van der Waals surface area contributed by atoms with Crippen LogP contribution in [0.4, 0.5) is 0 Å². The second-order valence-corrected chi connectivity index (χ2v) is 9.53. The van der Waals surface area contributed by atoms with Gasteiger partial charge in [0.05, 0.1) is 19.6 Å². The van der Waals surface area contributed by atoms with Crippen LogP contribution in [0.15, 0.2) is 24.7 Å². The van der Waals surface area contributed by atoms with Crippen LogP contribution in [-0.2, 0) is 9.16 Å². The maximum absolute atomic E-state index is 5.79. The number of methoxy groups -OCH3 is 1. The van der Waals surface area contributed by atoms with Gasteiger partial charge in [0, 0.05) is 0 Å². The smallest absolute Gasteiger partial charge is 0.249 e. The fourth-order valence-electron chi connectivity index (χ4n) is 0.555. The molecule has 0 bridgehead atoms. The minimum atomic E-state index is -1.63. The van der Waals surface area contributed by atoms with Crippen LogP contribution in [-0.4, -0.2) is 15.4 Å². The average molecular weight is 214 g/mol. The van der Waals surface area contributed by atoms with Crippen molar-refractivity contribution in [3.05, 3.63) is 24.7 Å². The highest BCUT2D eigenvalue weighted by molar-refractivity contribution is 6.74. The molecule has 0 aromatic heterocycles. The standard InChI is InChI=1S/C11H22O2Si/c1-11(2,3)14(5,6)13-10-8-7-9-12-4/h7-10H,1-6H3. The van der Waals surface area contributed by atoms with Crippen LogP contribution < -0.4 is 0 Å². The summed E-state index contributed by atoms with van der Waals surface area (Å²) in [5.41, 5.74) is 0. The van der Waals surface area contributed by atoms with Crippen molar-refractivity contribution < 1.29 is 9.16 Å². The van der Waals surface area contributed by atoms with Gasteiger partial charge in [0.25, 0.3) is 0 Å². The Hall–Kier alpha value is -0.703. The quantitative estimate of drug-likeness (QED) is 0.404. The average Bonchev–Trinajstić information content (AvgIpc) is 2.02. The zero-order valence-electron chi connectivity index (χ0n) is 10.1. The highest BCUT2D eigenvalue weighted by Gasteiger charge is 2.37. The van der Waals surface area contributed by atoms with Crippen molar-refractivity contribution in [1.82, 2.24) is 0 Å². The number of allylic oxidation sites excluding steroid dienone is 2. The minimum absolute atomic E-state index is 0.252. The van der Waals surface area contributed by atoms with Gasteiger partial charge in [-0.3, -0.25) is 0 Å². The summed E-state index contributed by atoms with van der Waals surface area (Å²) >= 11 is 0. The molecular weight excluding hydrogens is 192 g/mol. The molecule has 0 aliphatic rings. The third kappa shape index (κ3) is 4.51. The molecule has 0 saturated carbocycles. The van der Waals surface area contributed by atoms with E-state index in [1.165, 1.54) is 0 Å². The van der Waals surface area contributed by atoms with E-state index >= 15 is 0 Å². The van der Waals surface area contributed by atoms with E-state index in [1.54, 1.807) is 19.6 Å². The SMILES string of the molecule is COC=CC=CO[Si](C)(C)C(C)(C)C. The molecule has 0 atom stereocenters. The predicted octanol–water partition coefficient (Wildman–Crippen LogP) is 3.68. The Bertz CT molecular complexity index is 212. The second kappa shape index (κ2) is 5.25. The third-order valence-corrected chi connectivity index (χ3v) is 6.91. The van der Waals surface area contributed by atoms with Gasteiger partial charge in [-0.05, 0) is 30.3 Å². The Morgan fingerprint density at radius 3 is 1.93 bits per heavy atom. The Kier molecular flexibility index (Phi) is 4.98. The summed E-state index contributed by atoms with van der Waals surface area (Å²) in [4.78, 5) is 0. The van der Waals surface area contributed by atoms with Gasteiger partial charge in [-0.15, -0.1) is 0 Å². The molecule has 0 N–H and O–H groups in total. The van der Waals surface area contributed by atoms with E-state index in [1.807, 2.05) is 12.2 Å². The van der Waals surface area contributed by atoms with Crippen LogP contribution in [0.1, 0.15) is 20.8 Å². The van der Waals surface area contributed by atoms with Gasteiger partial charge in [-0.1, -0.05) is 20.8 Å². The first-order valence-corrected chi connectivity index (χ1v) is 7.74. The lowest BCUT2D eigenvalue weighted by Crippen LogP contribution is -2.39. The second-order valence-electron chi connectivity index (χ2n) is 4.77. The summed E-state index contributed by atoms with van der Waals surface area (Å²) in [5, 5.41) is 0.252. The molecule has 2 nitrogen and oxygen atoms in total. The van der Waals surface area contributed by atoms with Crippen molar-refractivity contribution in [2.24, 2.45) is 0 Å². The molecule has 0 unspecified atom stereocenters. The van der Waals surface area contributed by atoms with Crippen molar-refractivity contribution in [2.75, 3.05) is 7.11 Å². The van der Waals surface area contributed by atoms with Gasteiger partial charge in [-0.2, -0.15) is 0 Å². The zero-order valence-corrected chi connectivity index (χ0v) is 11.1. The topological polar surface area (TPSA) is 18.5 Å². The van der Waals surface area contributed by atoms with E-state index in [0.29, 0.717) is 0 Å².